The molecule has 1 aromatic rings. The molecule has 0 saturated carbocycles. The van der Waals surface area contributed by atoms with E-state index in [2.05, 4.69) is 5.32 Å². The van der Waals surface area contributed by atoms with Crippen LogP contribution in [-0.2, 0) is 9.84 Å². The van der Waals surface area contributed by atoms with E-state index in [1.807, 2.05) is 25.1 Å². The fraction of sp³-hybridized carbons (Fsp3) is 0.400. The van der Waals surface area contributed by atoms with Crippen molar-refractivity contribution in [2.45, 2.75) is 6.92 Å². The zero-order chi connectivity index (χ0) is 11.5. The lowest BCUT2D eigenvalue weighted by Gasteiger charge is -2.07. The Balaban J connectivity index is 2.59. The van der Waals surface area contributed by atoms with Crippen LogP contribution in [0.3, 0.4) is 0 Å². The Labute approximate surface area is 95.4 Å². The first-order valence-electron chi connectivity index (χ1n) is 4.56. The topological polar surface area (TPSA) is 46.2 Å². The van der Waals surface area contributed by atoms with Gasteiger partial charge in [0.25, 0.3) is 0 Å². The second-order valence-corrected chi connectivity index (χ2v) is 6.21. The van der Waals surface area contributed by atoms with E-state index in [1.54, 1.807) is 0 Å². The van der Waals surface area contributed by atoms with Crippen molar-refractivity contribution in [1.29, 1.82) is 0 Å². The van der Waals surface area contributed by atoms with Crippen molar-refractivity contribution in [2.24, 2.45) is 0 Å². The van der Waals surface area contributed by atoms with E-state index in [-0.39, 0.29) is 5.75 Å². The van der Waals surface area contributed by atoms with Gasteiger partial charge in [-0.2, -0.15) is 0 Å². The van der Waals surface area contributed by atoms with Crippen LogP contribution >= 0.6 is 11.6 Å². The van der Waals surface area contributed by atoms with Gasteiger partial charge in [0.1, 0.15) is 9.84 Å². The van der Waals surface area contributed by atoms with E-state index >= 15 is 0 Å². The summed E-state index contributed by atoms with van der Waals surface area (Å²) in [5.74, 6) is 0.108. The average Bonchev–Trinajstić information content (AvgIpc) is 2.07. The molecule has 1 aromatic carbocycles. The van der Waals surface area contributed by atoms with Crippen molar-refractivity contribution in [3.8, 4) is 0 Å². The van der Waals surface area contributed by atoms with E-state index in [0.29, 0.717) is 11.6 Å². The van der Waals surface area contributed by atoms with Gasteiger partial charge in [-0.15, -0.1) is 0 Å². The standard InChI is InChI=1S/C10H14ClNO2S/c1-8-3-4-10(9(11)7-8)12-5-6-15(2,13)14/h3-4,7,12H,5-6H2,1-2H3. The normalized spacial score (nSPS) is 11.4. The van der Waals surface area contributed by atoms with Crippen LogP contribution in [0.4, 0.5) is 5.69 Å². The quantitative estimate of drug-likeness (QED) is 0.887. The first-order chi connectivity index (χ1) is 6.88. The molecule has 0 radical (unpaired) electrons. The summed E-state index contributed by atoms with van der Waals surface area (Å²) < 4.78 is 21.8. The minimum Gasteiger partial charge on any atom is -0.383 e. The number of halogens is 1. The summed E-state index contributed by atoms with van der Waals surface area (Å²) in [5.41, 5.74) is 1.85. The van der Waals surface area contributed by atoms with Gasteiger partial charge >= 0.3 is 0 Å². The molecule has 84 valence electrons. The molecule has 15 heavy (non-hydrogen) atoms. The second kappa shape index (κ2) is 4.86. The molecular formula is C10H14ClNO2S. The van der Waals surface area contributed by atoms with Crippen LogP contribution in [0.2, 0.25) is 5.02 Å². The van der Waals surface area contributed by atoms with E-state index in [4.69, 9.17) is 11.6 Å². The fourth-order valence-electron chi connectivity index (χ4n) is 1.13. The first-order valence-corrected chi connectivity index (χ1v) is 7.00. The maximum absolute atomic E-state index is 10.9. The summed E-state index contributed by atoms with van der Waals surface area (Å²) in [4.78, 5) is 0. The molecule has 0 spiro atoms. The van der Waals surface area contributed by atoms with Gasteiger partial charge in [-0.3, -0.25) is 0 Å². The number of hydrogen-bond acceptors (Lipinski definition) is 3. The maximum atomic E-state index is 10.9. The van der Waals surface area contributed by atoms with Gasteiger partial charge in [-0.25, -0.2) is 8.42 Å². The van der Waals surface area contributed by atoms with Gasteiger partial charge in [0.2, 0.25) is 0 Å². The summed E-state index contributed by atoms with van der Waals surface area (Å²) in [5, 5.41) is 3.60. The number of hydrogen-bond donors (Lipinski definition) is 1. The van der Waals surface area contributed by atoms with Crippen molar-refractivity contribution in [3.63, 3.8) is 0 Å². The summed E-state index contributed by atoms with van der Waals surface area (Å²) >= 11 is 5.97. The molecule has 0 aliphatic rings. The highest BCUT2D eigenvalue weighted by molar-refractivity contribution is 7.90. The number of benzene rings is 1. The maximum Gasteiger partial charge on any atom is 0.149 e. The third-order valence-corrected chi connectivity index (χ3v) is 3.17. The Hall–Kier alpha value is -0.740. The summed E-state index contributed by atoms with van der Waals surface area (Å²) in [6, 6.07) is 5.61. The Morgan fingerprint density at radius 2 is 2.07 bits per heavy atom. The highest BCUT2D eigenvalue weighted by Crippen LogP contribution is 2.22. The zero-order valence-corrected chi connectivity index (χ0v) is 10.3. The minimum atomic E-state index is -2.92. The number of sulfone groups is 1. The minimum absolute atomic E-state index is 0.108. The summed E-state index contributed by atoms with van der Waals surface area (Å²) in [6.07, 6.45) is 1.21. The molecule has 0 saturated heterocycles. The van der Waals surface area contributed by atoms with Gasteiger partial charge in [0.15, 0.2) is 0 Å². The number of anilines is 1. The molecule has 0 aromatic heterocycles. The monoisotopic (exact) mass is 247 g/mol. The number of rotatable bonds is 4. The molecule has 0 atom stereocenters. The third-order valence-electron chi connectivity index (χ3n) is 1.91. The molecule has 1 N–H and O–H groups in total. The van der Waals surface area contributed by atoms with Crippen molar-refractivity contribution in [2.75, 3.05) is 23.9 Å². The number of aryl methyl sites for hydroxylation is 1. The van der Waals surface area contributed by atoms with Crippen LogP contribution in [-0.4, -0.2) is 27.0 Å². The highest BCUT2D eigenvalue weighted by atomic mass is 35.5. The van der Waals surface area contributed by atoms with Gasteiger partial charge < -0.3 is 5.32 Å². The largest absolute Gasteiger partial charge is 0.383 e. The highest BCUT2D eigenvalue weighted by Gasteiger charge is 2.03. The molecule has 3 nitrogen and oxygen atoms in total. The van der Waals surface area contributed by atoms with Crippen LogP contribution in [0.15, 0.2) is 18.2 Å². The van der Waals surface area contributed by atoms with Crippen molar-refractivity contribution in [1.82, 2.24) is 0 Å². The van der Waals surface area contributed by atoms with Crippen LogP contribution < -0.4 is 5.32 Å². The lowest BCUT2D eigenvalue weighted by atomic mass is 10.2. The van der Waals surface area contributed by atoms with E-state index < -0.39 is 9.84 Å². The molecule has 0 amide bonds. The molecule has 0 heterocycles. The molecule has 1 rings (SSSR count). The van der Waals surface area contributed by atoms with Crippen molar-refractivity contribution >= 4 is 27.1 Å². The van der Waals surface area contributed by atoms with Crippen molar-refractivity contribution < 1.29 is 8.42 Å². The van der Waals surface area contributed by atoms with Crippen LogP contribution in [0.1, 0.15) is 5.56 Å². The summed E-state index contributed by atoms with van der Waals surface area (Å²) in [6.45, 7) is 2.33. The molecule has 5 heteroatoms. The lowest BCUT2D eigenvalue weighted by molar-refractivity contribution is 0.602. The predicted octanol–water partition coefficient (Wildman–Crippen LogP) is 2.10. The third kappa shape index (κ3) is 4.53. The van der Waals surface area contributed by atoms with Crippen LogP contribution in [0, 0.1) is 6.92 Å². The van der Waals surface area contributed by atoms with E-state index in [1.165, 1.54) is 6.26 Å². The van der Waals surface area contributed by atoms with Crippen LogP contribution in [0.5, 0.6) is 0 Å². The average molecular weight is 248 g/mol. The molecular weight excluding hydrogens is 234 g/mol. The Morgan fingerprint density at radius 3 is 2.60 bits per heavy atom. The first kappa shape index (κ1) is 12.3. The Bertz CT molecular complexity index is 443. The molecule has 0 unspecified atom stereocenters. The fourth-order valence-corrected chi connectivity index (χ4v) is 1.91. The molecule has 0 aliphatic heterocycles. The van der Waals surface area contributed by atoms with Gasteiger partial charge in [0.05, 0.1) is 16.5 Å². The number of nitrogens with one attached hydrogen (secondary N) is 1. The Morgan fingerprint density at radius 1 is 1.40 bits per heavy atom. The van der Waals surface area contributed by atoms with Gasteiger partial charge in [-0.1, -0.05) is 17.7 Å². The lowest BCUT2D eigenvalue weighted by Crippen LogP contribution is -2.14. The zero-order valence-electron chi connectivity index (χ0n) is 8.75. The van der Waals surface area contributed by atoms with E-state index in [0.717, 1.165) is 11.3 Å². The second-order valence-electron chi connectivity index (χ2n) is 3.54. The van der Waals surface area contributed by atoms with Gasteiger partial charge in [0, 0.05) is 12.8 Å². The Kier molecular flexibility index (Phi) is 3.99. The molecule has 0 bridgehead atoms. The van der Waals surface area contributed by atoms with Crippen molar-refractivity contribution in [3.05, 3.63) is 28.8 Å². The molecule has 0 fully saturated rings. The SMILES string of the molecule is Cc1ccc(NCCS(C)(=O)=O)c(Cl)c1. The van der Waals surface area contributed by atoms with Gasteiger partial charge in [-0.05, 0) is 24.6 Å². The molecule has 0 aliphatic carbocycles. The predicted molar refractivity (Wildman–Crippen MR) is 64.4 cm³/mol. The summed E-state index contributed by atoms with van der Waals surface area (Å²) in [7, 11) is -2.92. The van der Waals surface area contributed by atoms with E-state index in [9.17, 15) is 8.42 Å². The smallest absolute Gasteiger partial charge is 0.149 e. The van der Waals surface area contributed by atoms with Crippen LogP contribution in [0.25, 0.3) is 0 Å².